The Hall–Kier alpha value is -2.79. The maximum atomic E-state index is 9.00. The summed E-state index contributed by atoms with van der Waals surface area (Å²) >= 11 is 0. The Labute approximate surface area is 176 Å². The number of pyridine rings is 2. The van der Waals surface area contributed by atoms with E-state index in [1.54, 1.807) is 0 Å². The molecule has 0 radical (unpaired) electrons. The lowest BCUT2D eigenvalue weighted by molar-refractivity contribution is 0.347. The van der Waals surface area contributed by atoms with Crippen molar-refractivity contribution >= 4 is 36.0 Å². The average molecular weight is 421 g/mol. The van der Waals surface area contributed by atoms with Crippen LogP contribution in [0.3, 0.4) is 0 Å². The first kappa shape index (κ1) is 20.5. The molecule has 0 fully saturated rings. The lowest BCUT2D eigenvalue weighted by Crippen LogP contribution is -2.00. The van der Waals surface area contributed by atoms with Gasteiger partial charge in [0.15, 0.2) is 12.2 Å². The predicted molar refractivity (Wildman–Crippen MR) is 122 cm³/mol. The number of nitrogens with zero attached hydrogens (tertiary/aromatic N) is 2. The van der Waals surface area contributed by atoms with E-state index in [9.17, 15) is 0 Å². The lowest BCUT2D eigenvalue weighted by Gasteiger charge is -2.11. The third-order valence-corrected chi connectivity index (χ3v) is 5.58. The number of aryl methyl sites for hydroxylation is 4. The van der Waals surface area contributed by atoms with Gasteiger partial charge in [-0.3, -0.25) is 4.98 Å². The molecule has 0 aliphatic heterocycles. The molecule has 154 valence electrons. The summed E-state index contributed by atoms with van der Waals surface area (Å²) in [6, 6.07) is 14.2. The molecule has 0 unspecified atom stereocenters. The monoisotopic (exact) mass is 421 g/mol. The summed E-state index contributed by atoms with van der Waals surface area (Å²) in [5.41, 5.74) is 12.4. The molecule has 0 aliphatic rings. The molecule has 0 aliphatic carbocycles. The molecule has 4 aromatic rings. The van der Waals surface area contributed by atoms with E-state index in [0.717, 1.165) is 51.3 Å². The second-order valence-corrected chi connectivity index (χ2v) is 8.49. The van der Waals surface area contributed by atoms with Crippen molar-refractivity contribution < 1.29 is 14.5 Å². The van der Waals surface area contributed by atoms with Crippen LogP contribution in [0.5, 0.6) is 5.75 Å². The Morgan fingerprint density at radius 1 is 1.00 bits per heavy atom. The van der Waals surface area contributed by atoms with Gasteiger partial charge < -0.3 is 20.3 Å². The van der Waals surface area contributed by atoms with Crippen molar-refractivity contribution in [3.63, 3.8) is 0 Å². The van der Waals surface area contributed by atoms with E-state index >= 15 is 0 Å². The van der Waals surface area contributed by atoms with Gasteiger partial charge in [0.05, 0.1) is 5.52 Å². The van der Waals surface area contributed by atoms with E-state index in [1.165, 1.54) is 5.56 Å². The highest BCUT2D eigenvalue weighted by molar-refractivity contribution is 7.44. The summed E-state index contributed by atoms with van der Waals surface area (Å²) in [5.74, 6) is 1.10. The highest BCUT2D eigenvalue weighted by Gasteiger charge is 2.10. The maximum Gasteiger partial charge on any atom is 0.205 e. The lowest BCUT2D eigenvalue weighted by atomic mass is 9.99. The highest BCUT2D eigenvalue weighted by atomic mass is 31.2. The molecule has 0 atom stereocenters. The number of fused-ring (bicyclic) bond motifs is 3. The summed E-state index contributed by atoms with van der Waals surface area (Å²) in [5, 5.41) is 2.09. The van der Waals surface area contributed by atoms with Crippen LogP contribution >= 0.6 is 8.38 Å². The SMILES string of the molecule is Cc1ccc2c(c1)nc(N)c1ncc(CCc3ccc(OCP(O)O)cc3C)cc12. The minimum Gasteiger partial charge on any atom is -0.484 e. The molecule has 2 aromatic heterocycles. The molecule has 0 saturated carbocycles. The van der Waals surface area contributed by atoms with Crippen molar-refractivity contribution in [2.75, 3.05) is 12.1 Å². The fraction of sp³-hybridized carbons (Fsp3) is 0.217. The van der Waals surface area contributed by atoms with Crippen molar-refractivity contribution in [1.29, 1.82) is 0 Å². The third kappa shape index (κ3) is 4.36. The zero-order valence-corrected chi connectivity index (χ0v) is 17.9. The standard InChI is InChI=1S/C23H24N3O3P/c1-14-3-8-19-20-11-16(12-25-22(20)23(24)26-21(19)9-14)4-5-17-6-7-18(10-15(17)2)29-13-30(27)28/h3,6-12,27-28H,4-5,13H2,1-2H3,(H2,24,26). The molecular weight excluding hydrogens is 397 g/mol. The number of hydrogen-bond acceptors (Lipinski definition) is 6. The van der Waals surface area contributed by atoms with E-state index in [4.69, 9.17) is 20.3 Å². The van der Waals surface area contributed by atoms with E-state index in [-0.39, 0.29) is 6.35 Å². The summed E-state index contributed by atoms with van der Waals surface area (Å²) in [6.45, 7) is 4.07. The molecule has 6 nitrogen and oxygen atoms in total. The van der Waals surface area contributed by atoms with E-state index in [0.29, 0.717) is 11.6 Å². The maximum absolute atomic E-state index is 9.00. The second-order valence-electron chi connectivity index (χ2n) is 7.49. The van der Waals surface area contributed by atoms with Crippen LogP contribution in [-0.4, -0.2) is 26.1 Å². The molecule has 2 heterocycles. The molecule has 0 saturated heterocycles. The number of rotatable bonds is 6. The van der Waals surface area contributed by atoms with E-state index in [1.807, 2.05) is 44.3 Å². The Balaban J connectivity index is 1.58. The molecule has 4 N–H and O–H groups in total. The van der Waals surface area contributed by atoms with Crippen molar-refractivity contribution in [2.24, 2.45) is 0 Å². The molecule has 4 rings (SSSR count). The normalized spacial score (nSPS) is 11.5. The summed E-state index contributed by atoms with van der Waals surface area (Å²) in [4.78, 5) is 27.1. The topological polar surface area (TPSA) is 101 Å². The second kappa shape index (κ2) is 8.52. The highest BCUT2D eigenvalue weighted by Crippen LogP contribution is 2.29. The molecule has 0 spiro atoms. The van der Waals surface area contributed by atoms with Crippen LogP contribution in [0.4, 0.5) is 5.82 Å². The van der Waals surface area contributed by atoms with Crippen LogP contribution in [0, 0.1) is 13.8 Å². The number of anilines is 1. The first-order chi connectivity index (χ1) is 14.4. The van der Waals surface area contributed by atoms with Gasteiger partial charge >= 0.3 is 0 Å². The van der Waals surface area contributed by atoms with Crippen LogP contribution in [0.15, 0.2) is 48.7 Å². The van der Waals surface area contributed by atoms with Gasteiger partial charge in [-0.05, 0) is 73.2 Å². The van der Waals surface area contributed by atoms with Crippen molar-refractivity contribution in [3.8, 4) is 5.75 Å². The summed E-state index contributed by atoms with van der Waals surface area (Å²) in [6.07, 6.45) is 3.50. The number of aromatic nitrogens is 2. The van der Waals surface area contributed by atoms with Gasteiger partial charge in [0, 0.05) is 17.0 Å². The molecule has 30 heavy (non-hydrogen) atoms. The first-order valence-electron chi connectivity index (χ1n) is 9.73. The molecule has 7 heteroatoms. The number of nitrogen functional groups attached to an aromatic ring is 1. The first-order valence-corrected chi connectivity index (χ1v) is 11.2. The van der Waals surface area contributed by atoms with Gasteiger partial charge in [-0.15, -0.1) is 0 Å². The van der Waals surface area contributed by atoms with Crippen molar-refractivity contribution in [3.05, 3.63) is 70.9 Å². The number of hydrogen-bond donors (Lipinski definition) is 3. The summed E-state index contributed by atoms with van der Waals surface area (Å²) in [7, 11) is -2.05. The van der Waals surface area contributed by atoms with Crippen LogP contribution in [0.1, 0.15) is 22.3 Å². The van der Waals surface area contributed by atoms with Crippen LogP contribution < -0.4 is 10.5 Å². The minimum atomic E-state index is -2.05. The zero-order chi connectivity index (χ0) is 21.3. The van der Waals surface area contributed by atoms with Gasteiger partial charge in [-0.1, -0.05) is 18.2 Å². The Bertz CT molecular complexity index is 1230. The van der Waals surface area contributed by atoms with Gasteiger partial charge in [-0.2, -0.15) is 0 Å². The minimum absolute atomic E-state index is 0.0810. The zero-order valence-electron chi connectivity index (χ0n) is 17.0. The van der Waals surface area contributed by atoms with Gasteiger partial charge in [0.25, 0.3) is 0 Å². The van der Waals surface area contributed by atoms with Gasteiger partial charge in [0.2, 0.25) is 8.38 Å². The Kier molecular flexibility index (Phi) is 5.82. The molecular formula is C23H24N3O3P. The number of benzene rings is 2. The van der Waals surface area contributed by atoms with E-state index < -0.39 is 8.38 Å². The van der Waals surface area contributed by atoms with Crippen LogP contribution in [-0.2, 0) is 12.8 Å². The summed E-state index contributed by atoms with van der Waals surface area (Å²) < 4.78 is 5.38. The smallest absolute Gasteiger partial charge is 0.205 e. The predicted octanol–water partition coefficient (Wildman–Crippen LogP) is 4.40. The number of ether oxygens (including phenoxy) is 1. The molecule has 2 aromatic carbocycles. The largest absolute Gasteiger partial charge is 0.484 e. The van der Waals surface area contributed by atoms with Crippen LogP contribution in [0.2, 0.25) is 0 Å². The molecule has 0 bridgehead atoms. The Morgan fingerprint density at radius 2 is 1.83 bits per heavy atom. The molecule has 0 amide bonds. The fourth-order valence-electron chi connectivity index (χ4n) is 3.65. The van der Waals surface area contributed by atoms with Gasteiger partial charge in [0.1, 0.15) is 11.3 Å². The number of nitrogens with two attached hydrogens (primary N) is 1. The van der Waals surface area contributed by atoms with Gasteiger partial charge in [-0.25, -0.2) is 4.98 Å². The quantitative estimate of drug-likeness (QED) is 0.315. The third-order valence-electron chi connectivity index (χ3n) is 5.22. The van der Waals surface area contributed by atoms with Crippen LogP contribution in [0.25, 0.3) is 21.8 Å². The fourth-order valence-corrected chi connectivity index (χ4v) is 3.91. The Morgan fingerprint density at radius 3 is 2.60 bits per heavy atom. The average Bonchev–Trinajstić information content (AvgIpc) is 2.71. The van der Waals surface area contributed by atoms with Crippen molar-refractivity contribution in [2.45, 2.75) is 26.7 Å². The van der Waals surface area contributed by atoms with E-state index in [2.05, 4.69) is 28.2 Å². The van der Waals surface area contributed by atoms with Crippen molar-refractivity contribution in [1.82, 2.24) is 9.97 Å².